The number of carbonyl (C=O) groups excluding carboxylic acids is 2. The van der Waals surface area contributed by atoms with Gasteiger partial charge in [-0.05, 0) is 42.5 Å². The van der Waals surface area contributed by atoms with Crippen molar-refractivity contribution in [3.8, 4) is 0 Å². The SMILES string of the molecule is CC12CCC(C(=O)Nc3cc(Cl)c(Cl)cc3Cl)(C(=O)C1=NNc1ccccc1)C2(C)C. The quantitative estimate of drug-likeness (QED) is 0.301. The highest BCUT2D eigenvalue weighted by Crippen LogP contribution is 2.69. The average Bonchev–Trinajstić information content (AvgIpc) is 3.00. The zero-order chi connectivity index (χ0) is 22.6. The molecular formula is C23H22Cl3N3O2. The Morgan fingerprint density at radius 1 is 0.968 bits per heavy atom. The number of amides is 1. The van der Waals surface area contributed by atoms with E-state index in [1.54, 1.807) is 0 Å². The Morgan fingerprint density at radius 3 is 2.29 bits per heavy atom. The van der Waals surface area contributed by atoms with Crippen molar-refractivity contribution in [2.45, 2.75) is 33.6 Å². The third-order valence-corrected chi connectivity index (χ3v) is 8.32. The van der Waals surface area contributed by atoms with Gasteiger partial charge in [0.1, 0.15) is 11.1 Å². The van der Waals surface area contributed by atoms with E-state index in [9.17, 15) is 9.59 Å². The van der Waals surface area contributed by atoms with Gasteiger partial charge in [-0.15, -0.1) is 0 Å². The van der Waals surface area contributed by atoms with Crippen LogP contribution in [-0.4, -0.2) is 17.4 Å². The third-order valence-electron chi connectivity index (χ3n) is 7.29. The second kappa shape index (κ2) is 7.51. The molecule has 2 N–H and O–H groups in total. The van der Waals surface area contributed by atoms with Crippen LogP contribution in [-0.2, 0) is 9.59 Å². The Morgan fingerprint density at radius 2 is 1.61 bits per heavy atom. The number of ketones is 1. The summed E-state index contributed by atoms with van der Waals surface area (Å²) < 4.78 is 0. The van der Waals surface area contributed by atoms with E-state index in [2.05, 4.69) is 15.8 Å². The molecule has 8 heteroatoms. The van der Waals surface area contributed by atoms with Gasteiger partial charge in [-0.3, -0.25) is 15.0 Å². The lowest BCUT2D eigenvalue weighted by molar-refractivity contribution is -0.139. The Labute approximate surface area is 196 Å². The van der Waals surface area contributed by atoms with Crippen molar-refractivity contribution >= 4 is 63.6 Å². The molecule has 2 aromatic carbocycles. The Balaban J connectivity index is 1.71. The summed E-state index contributed by atoms with van der Waals surface area (Å²) >= 11 is 18.4. The van der Waals surface area contributed by atoms with Crippen molar-refractivity contribution in [2.75, 3.05) is 10.7 Å². The lowest BCUT2D eigenvalue weighted by Crippen LogP contribution is -2.47. The topological polar surface area (TPSA) is 70.6 Å². The van der Waals surface area contributed by atoms with E-state index in [-0.39, 0.29) is 20.9 Å². The number of hydrogen-bond acceptors (Lipinski definition) is 4. The fraction of sp³-hybridized carbons (Fsp3) is 0.348. The van der Waals surface area contributed by atoms with Crippen LogP contribution >= 0.6 is 34.8 Å². The number of carbonyl (C=O) groups is 2. The minimum absolute atomic E-state index is 0.253. The fourth-order valence-electron chi connectivity index (χ4n) is 4.95. The van der Waals surface area contributed by atoms with Crippen LogP contribution in [0.4, 0.5) is 11.4 Å². The van der Waals surface area contributed by atoms with Crippen LogP contribution in [0.3, 0.4) is 0 Å². The lowest BCUT2D eigenvalue weighted by atomic mass is 9.64. The molecule has 1 amide bonds. The summed E-state index contributed by atoms with van der Waals surface area (Å²) in [5.74, 6) is -0.667. The summed E-state index contributed by atoms with van der Waals surface area (Å²) in [4.78, 5) is 27.2. The lowest BCUT2D eigenvalue weighted by Gasteiger charge is -2.37. The maximum Gasteiger partial charge on any atom is 0.239 e. The maximum absolute atomic E-state index is 13.7. The van der Waals surface area contributed by atoms with Crippen LogP contribution in [0.15, 0.2) is 47.6 Å². The summed E-state index contributed by atoms with van der Waals surface area (Å²) in [6.07, 6.45) is 1.11. The van der Waals surface area contributed by atoms with Gasteiger partial charge in [0.15, 0.2) is 5.78 Å². The van der Waals surface area contributed by atoms with E-state index in [0.717, 1.165) is 5.69 Å². The zero-order valence-electron chi connectivity index (χ0n) is 17.4. The van der Waals surface area contributed by atoms with Crippen LogP contribution in [0.1, 0.15) is 33.6 Å². The minimum Gasteiger partial charge on any atom is -0.324 e. The molecule has 0 aliphatic heterocycles. The van der Waals surface area contributed by atoms with Crippen LogP contribution in [0.2, 0.25) is 15.1 Å². The van der Waals surface area contributed by atoms with E-state index in [1.165, 1.54) is 12.1 Å². The van der Waals surface area contributed by atoms with Crippen molar-refractivity contribution in [3.05, 3.63) is 57.5 Å². The molecule has 0 radical (unpaired) electrons. The minimum atomic E-state index is -1.26. The zero-order valence-corrected chi connectivity index (χ0v) is 19.6. The standard InChI is InChI=1S/C23H22Cl3N3O2/c1-21(2)22(3)9-10-23(21,19(30)18(22)29-28-13-7-5-4-6-8-13)20(31)27-17-12-15(25)14(24)11-16(17)26/h4-8,11-12,28H,9-10H2,1-3H3,(H,27,31). The number of fused-ring (bicyclic) bond motifs is 2. The number of nitrogens with zero attached hydrogens (tertiary/aromatic N) is 1. The molecular weight excluding hydrogens is 457 g/mol. The first kappa shape index (κ1) is 22.1. The number of benzene rings is 2. The Hall–Kier alpha value is -2.08. The number of anilines is 2. The molecule has 2 saturated carbocycles. The first-order valence-corrected chi connectivity index (χ1v) is 11.1. The molecule has 2 aromatic rings. The third kappa shape index (κ3) is 3.09. The number of nitrogens with one attached hydrogen (secondary N) is 2. The van der Waals surface area contributed by atoms with Crippen molar-refractivity contribution in [1.82, 2.24) is 0 Å². The molecule has 2 aliphatic carbocycles. The number of hydrazone groups is 1. The van der Waals surface area contributed by atoms with Gasteiger partial charge in [0.2, 0.25) is 5.91 Å². The maximum atomic E-state index is 13.7. The molecule has 0 heterocycles. The molecule has 2 fully saturated rings. The van der Waals surface area contributed by atoms with E-state index in [0.29, 0.717) is 24.2 Å². The summed E-state index contributed by atoms with van der Waals surface area (Å²) in [5, 5.41) is 8.11. The summed E-state index contributed by atoms with van der Waals surface area (Å²) in [5.41, 5.74) is 2.00. The predicted octanol–water partition coefficient (Wildman–Crippen LogP) is 6.45. The molecule has 31 heavy (non-hydrogen) atoms. The molecule has 162 valence electrons. The van der Waals surface area contributed by atoms with E-state index in [1.807, 2.05) is 51.1 Å². The Bertz CT molecular complexity index is 1120. The molecule has 4 rings (SSSR count). The first-order chi connectivity index (χ1) is 14.5. The van der Waals surface area contributed by atoms with Gasteiger partial charge in [0.25, 0.3) is 0 Å². The number of hydrogen-bond donors (Lipinski definition) is 2. The molecule has 0 spiro atoms. The van der Waals surface area contributed by atoms with Crippen LogP contribution in [0.25, 0.3) is 0 Å². The van der Waals surface area contributed by atoms with Crippen molar-refractivity contribution in [2.24, 2.45) is 21.3 Å². The molecule has 2 unspecified atom stereocenters. The monoisotopic (exact) mass is 477 g/mol. The molecule has 2 bridgehead atoms. The van der Waals surface area contributed by atoms with Gasteiger partial charge in [-0.25, -0.2) is 0 Å². The first-order valence-electron chi connectivity index (χ1n) is 9.94. The van der Waals surface area contributed by atoms with Gasteiger partial charge in [0.05, 0.1) is 26.4 Å². The molecule has 2 atom stereocenters. The number of halogens is 3. The van der Waals surface area contributed by atoms with E-state index < -0.39 is 22.2 Å². The summed E-state index contributed by atoms with van der Waals surface area (Å²) in [7, 11) is 0. The van der Waals surface area contributed by atoms with Crippen molar-refractivity contribution in [1.29, 1.82) is 0 Å². The highest BCUT2D eigenvalue weighted by atomic mass is 35.5. The average molecular weight is 479 g/mol. The van der Waals surface area contributed by atoms with E-state index in [4.69, 9.17) is 34.8 Å². The van der Waals surface area contributed by atoms with Crippen LogP contribution in [0, 0.1) is 16.2 Å². The van der Waals surface area contributed by atoms with Crippen LogP contribution < -0.4 is 10.7 Å². The van der Waals surface area contributed by atoms with Gasteiger partial charge in [-0.1, -0.05) is 73.8 Å². The number of Topliss-reactive ketones (excluding diaryl/α,β-unsaturated/α-hetero) is 1. The molecule has 0 saturated heterocycles. The summed E-state index contributed by atoms with van der Waals surface area (Å²) in [6, 6.07) is 12.4. The second-order valence-corrected chi connectivity index (χ2v) is 10.1. The molecule has 2 aliphatic rings. The van der Waals surface area contributed by atoms with Crippen LogP contribution in [0.5, 0.6) is 0 Å². The number of para-hydroxylation sites is 1. The molecule has 5 nitrogen and oxygen atoms in total. The van der Waals surface area contributed by atoms with Gasteiger partial charge >= 0.3 is 0 Å². The van der Waals surface area contributed by atoms with Gasteiger partial charge in [-0.2, -0.15) is 5.10 Å². The Kier molecular flexibility index (Phi) is 5.36. The van der Waals surface area contributed by atoms with E-state index >= 15 is 0 Å². The van der Waals surface area contributed by atoms with Gasteiger partial charge < -0.3 is 5.32 Å². The summed E-state index contributed by atoms with van der Waals surface area (Å²) in [6.45, 7) is 5.92. The largest absolute Gasteiger partial charge is 0.324 e. The normalized spacial score (nSPS) is 27.5. The van der Waals surface area contributed by atoms with Crippen molar-refractivity contribution in [3.63, 3.8) is 0 Å². The fourth-order valence-corrected chi connectivity index (χ4v) is 5.55. The van der Waals surface area contributed by atoms with Crippen molar-refractivity contribution < 1.29 is 9.59 Å². The smallest absolute Gasteiger partial charge is 0.239 e. The van der Waals surface area contributed by atoms with Gasteiger partial charge in [0, 0.05) is 5.41 Å². The highest BCUT2D eigenvalue weighted by Gasteiger charge is 2.76. The highest BCUT2D eigenvalue weighted by molar-refractivity contribution is 6.51. The second-order valence-electron chi connectivity index (χ2n) is 8.83. The number of rotatable bonds is 4. The molecule has 0 aromatic heterocycles. The predicted molar refractivity (Wildman–Crippen MR) is 126 cm³/mol.